The summed E-state index contributed by atoms with van der Waals surface area (Å²) in [5, 5.41) is 3.51. The van der Waals surface area contributed by atoms with Gasteiger partial charge in [0.25, 0.3) is 0 Å². The van der Waals surface area contributed by atoms with Gasteiger partial charge in [-0.15, -0.1) is 0 Å². The van der Waals surface area contributed by atoms with Gasteiger partial charge in [-0.2, -0.15) is 0 Å². The highest BCUT2D eigenvalue weighted by atomic mass is 14.9. The maximum Gasteiger partial charge on any atom is 0.000250 e. The van der Waals surface area contributed by atoms with Crippen molar-refractivity contribution in [3.05, 3.63) is 0 Å². The topological polar surface area (TPSA) is 12.0 Å². The van der Waals surface area contributed by atoms with Crippen LogP contribution in [0, 0.1) is 23.2 Å². The van der Waals surface area contributed by atoms with Crippen molar-refractivity contribution in [3.8, 4) is 0 Å². The lowest BCUT2D eigenvalue weighted by Gasteiger charge is -2.32. The molecule has 3 unspecified atom stereocenters. The Morgan fingerprint density at radius 3 is 2.53 bits per heavy atom. The van der Waals surface area contributed by atoms with E-state index >= 15 is 0 Å². The fourth-order valence-corrected chi connectivity index (χ4v) is 3.87. The maximum absolute atomic E-state index is 3.51. The SMILES string of the molecule is CCNCC(C)(C)CC1CC2CCC1C2. The molecule has 1 N–H and O–H groups in total. The third kappa shape index (κ3) is 2.75. The molecule has 2 bridgehead atoms. The van der Waals surface area contributed by atoms with Crippen LogP contribution in [0.25, 0.3) is 0 Å². The van der Waals surface area contributed by atoms with E-state index in [9.17, 15) is 0 Å². The van der Waals surface area contributed by atoms with Crippen molar-refractivity contribution >= 4 is 0 Å². The first-order valence-corrected chi connectivity index (χ1v) is 6.81. The molecule has 0 spiro atoms. The lowest BCUT2D eigenvalue weighted by Crippen LogP contribution is -2.32. The number of fused-ring (bicyclic) bond motifs is 2. The molecule has 2 saturated carbocycles. The van der Waals surface area contributed by atoms with E-state index in [0.29, 0.717) is 5.41 Å². The summed E-state index contributed by atoms with van der Waals surface area (Å²) in [5.74, 6) is 3.25. The van der Waals surface area contributed by atoms with Crippen LogP contribution in [-0.4, -0.2) is 13.1 Å². The highest BCUT2D eigenvalue weighted by Gasteiger charge is 2.41. The summed E-state index contributed by atoms with van der Waals surface area (Å²) in [4.78, 5) is 0. The summed E-state index contributed by atoms with van der Waals surface area (Å²) in [7, 11) is 0. The maximum atomic E-state index is 3.51. The van der Waals surface area contributed by atoms with Gasteiger partial charge in [-0.1, -0.05) is 27.2 Å². The van der Waals surface area contributed by atoms with E-state index in [1.807, 2.05) is 0 Å². The van der Waals surface area contributed by atoms with Gasteiger partial charge in [0.1, 0.15) is 0 Å². The fraction of sp³-hybridized carbons (Fsp3) is 1.00. The summed E-state index contributed by atoms with van der Waals surface area (Å²) in [6.45, 7) is 9.37. The summed E-state index contributed by atoms with van der Waals surface area (Å²) < 4.78 is 0. The van der Waals surface area contributed by atoms with Crippen molar-refractivity contribution in [3.63, 3.8) is 0 Å². The zero-order valence-corrected chi connectivity index (χ0v) is 10.7. The summed E-state index contributed by atoms with van der Waals surface area (Å²) in [6.07, 6.45) is 7.62. The molecule has 2 aliphatic rings. The van der Waals surface area contributed by atoms with Crippen LogP contribution in [0.1, 0.15) is 52.9 Å². The number of rotatable bonds is 5. The lowest BCUT2D eigenvalue weighted by atomic mass is 9.76. The Labute approximate surface area is 95.0 Å². The molecule has 2 fully saturated rings. The normalized spacial score (nSPS) is 35.0. The molecule has 0 amide bonds. The Kier molecular flexibility index (Phi) is 3.39. The van der Waals surface area contributed by atoms with E-state index in [0.717, 1.165) is 24.3 Å². The molecule has 0 saturated heterocycles. The second-order valence-corrected chi connectivity index (χ2v) is 6.58. The zero-order chi connectivity index (χ0) is 10.9. The standard InChI is InChI=1S/C14H27N/c1-4-15-10-14(2,3)9-13-8-11-5-6-12(13)7-11/h11-13,15H,4-10H2,1-3H3. The van der Waals surface area contributed by atoms with Crippen LogP contribution in [0.5, 0.6) is 0 Å². The summed E-state index contributed by atoms with van der Waals surface area (Å²) in [6, 6.07) is 0. The fourth-order valence-electron chi connectivity index (χ4n) is 3.87. The molecular weight excluding hydrogens is 182 g/mol. The zero-order valence-electron chi connectivity index (χ0n) is 10.7. The molecule has 0 radical (unpaired) electrons. The van der Waals surface area contributed by atoms with Gasteiger partial charge in [0.15, 0.2) is 0 Å². The largest absolute Gasteiger partial charge is 0.316 e. The molecule has 1 heteroatoms. The second-order valence-electron chi connectivity index (χ2n) is 6.58. The average Bonchev–Trinajstić information content (AvgIpc) is 2.75. The van der Waals surface area contributed by atoms with Gasteiger partial charge in [0.2, 0.25) is 0 Å². The smallest absolute Gasteiger partial charge is 0.000250 e. The van der Waals surface area contributed by atoms with E-state index in [2.05, 4.69) is 26.1 Å². The van der Waals surface area contributed by atoms with E-state index < -0.39 is 0 Å². The van der Waals surface area contributed by atoms with E-state index in [-0.39, 0.29) is 0 Å². The molecule has 0 aliphatic heterocycles. The minimum Gasteiger partial charge on any atom is -0.316 e. The number of hydrogen-bond acceptors (Lipinski definition) is 1. The summed E-state index contributed by atoms with van der Waals surface area (Å²) >= 11 is 0. The van der Waals surface area contributed by atoms with Gasteiger partial charge in [-0.05, 0) is 55.4 Å². The molecule has 0 heterocycles. The van der Waals surface area contributed by atoms with Crippen molar-refractivity contribution in [1.29, 1.82) is 0 Å². The highest BCUT2D eigenvalue weighted by molar-refractivity contribution is 4.92. The van der Waals surface area contributed by atoms with Crippen LogP contribution in [0.3, 0.4) is 0 Å². The molecule has 88 valence electrons. The molecule has 0 aromatic heterocycles. The Hall–Kier alpha value is -0.0400. The van der Waals surface area contributed by atoms with Crippen LogP contribution in [0.2, 0.25) is 0 Å². The molecule has 0 aromatic carbocycles. The van der Waals surface area contributed by atoms with Gasteiger partial charge < -0.3 is 5.32 Å². The lowest BCUT2D eigenvalue weighted by molar-refractivity contribution is 0.203. The molecule has 3 atom stereocenters. The molecule has 15 heavy (non-hydrogen) atoms. The van der Waals surface area contributed by atoms with Crippen molar-refractivity contribution in [2.24, 2.45) is 23.2 Å². The minimum atomic E-state index is 0.505. The van der Waals surface area contributed by atoms with Crippen LogP contribution in [0.15, 0.2) is 0 Å². The Bertz CT molecular complexity index is 209. The van der Waals surface area contributed by atoms with Gasteiger partial charge >= 0.3 is 0 Å². The third-order valence-electron chi connectivity index (χ3n) is 4.55. The molecular formula is C14H27N. The molecule has 2 rings (SSSR count). The third-order valence-corrected chi connectivity index (χ3v) is 4.55. The van der Waals surface area contributed by atoms with Gasteiger partial charge in [0.05, 0.1) is 0 Å². The van der Waals surface area contributed by atoms with Crippen LogP contribution < -0.4 is 5.32 Å². The van der Waals surface area contributed by atoms with Crippen molar-refractivity contribution in [2.75, 3.05) is 13.1 Å². The van der Waals surface area contributed by atoms with Crippen molar-refractivity contribution in [1.82, 2.24) is 5.32 Å². The average molecular weight is 209 g/mol. The predicted molar refractivity (Wildman–Crippen MR) is 65.9 cm³/mol. The first-order valence-electron chi connectivity index (χ1n) is 6.81. The molecule has 2 aliphatic carbocycles. The first kappa shape index (κ1) is 11.4. The molecule has 0 aromatic rings. The van der Waals surface area contributed by atoms with E-state index in [1.165, 1.54) is 25.8 Å². The van der Waals surface area contributed by atoms with Crippen molar-refractivity contribution in [2.45, 2.75) is 52.9 Å². The van der Waals surface area contributed by atoms with Crippen molar-refractivity contribution < 1.29 is 0 Å². The van der Waals surface area contributed by atoms with Crippen LogP contribution in [0.4, 0.5) is 0 Å². The van der Waals surface area contributed by atoms with Gasteiger partial charge in [-0.3, -0.25) is 0 Å². The molecule has 1 nitrogen and oxygen atoms in total. The Morgan fingerprint density at radius 2 is 2.00 bits per heavy atom. The van der Waals surface area contributed by atoms with Crippen LogP contribution >= 0.6 is 0 Å². The quantitative estimate of drug-likeness (QED) is 0.731. The minimum absolute atomic E-state index is 0.505. The second kappa shape index (κ2) is 4.45. The van der Waals surface area contributed by atoms with Crippen LogP contribution in [-0.2, 0) is 0 Å². The van der Waals surface area contributed by atoms with Gasteiger partial charge in [-0.25, -0.2) is 0 Å². The Balaban J connectivity index is 1.80. The first-order chi connectivity index (χ1) is 7.11. The highest BCUT2D eigenvalue weighted by Crippen LogP contribution is 2.51. The number of nitrogens with one attached hydrogen (secondary N) is 1. The summed E-state index contributed by atoms with van der Waals surface area (Å²) in [5.41, 5.74) is 0.505. The predicted octanol–water partition coefficient (Wildman–Crippen LogP) is 3.45. The van der Waals surface area contributed by atoms with E-state index in [4.69, 9.17) is 0 Å². The Morgan fingerprint density at radius 1 is 1.20 bits per heavy atom. The monoisotopic (exact) mass is 209 g/mol. The van der Waals surface area contributed by atoms with Gasteiger partial charge in [0, 0.05) is 6.54 Å². The number of hydrogen-bond donors (Lipinski definition) is 1. The van der Waals surface area contributed by atoms with E-state index in [1.54, 1.807) is 12.8 Å².